The zero-order chi connectivity index (χ0) is 17.1. The highest BCUT2D eigenvalue weighted by molar-refractivity contribution is 5.76. The predicted molar refractivity (Wildman–Crippen MR) is 95.8 cm³/mol. The third-order valence-electron chi connectivity index (χ3n) is 5.23. The van der Waals surface area contributed by atoms with Gasteiger partial charge in [0.25, 0.3) is 0 Å². The highest BCUT2D eigenvalue weighted by Crippen LogP contribution is 2.24. The van der Waals surface area contributed by atoms with Crippen molar-refractivity contribution < 1.29 is 4.79 Å². The number of nitrogens with one attached hydrogen (secondary N) is 1. The summed E-state index contributed by atoms with van der Waals surface area (Å²) in [6.45, 7) is 4.77. The van der Waals surface area contributed by atoms with E-state index in [0.29, 0.717) is 12.5 Å². The van der Waals surface area contributed by atoms with Crippen LogP contribution in [0.15, 0.2) is 36.9 Å². The maximum atomic E-state index is 11.5. The maximum absolute atomic E-state index is 11.5. The van der Waals surface area contributed by atoms with Crippen LogP contribution in [0.3, 0.4) is 0 Å². The number of benzene rings is 1. The Hall–Kier alpha value is -2.41. The summed E-state index contributed by atoms with van der Waals surface area (Å²) in [5.74, 6) is 0.187. The highest BCUT2D eigenvalue weighted by Gasteiger charge is 2.26. The van der Waals surface area contributed by atoms with Crippen LogP contribution in [0.25, 0.3) is 5.69 Å². The molecule has 7 nitrogen and oxygen atoms in total. The predicted octanol–water partition coefficient (Wildman–Crippen LogP) is 1.06. The van der Waals surface area contributed by atoms with Crippen molar-refractivity contribution in [1.82, 2.24) is 25.0 Å². The standard InChI is InChI=1S/C18H24N6O/c25-18-7-11-23(12-8-20-18)16-5-9-22(10-6-16)15-1-3-17(4-2-15)24-14-19-13-21-24/h1-4,13-14,16H,5-12H2,(H,20,25). The molecule has 25 heavy (non-hydrogen) atoms. The second kappa shape index (κ2) is 7.23. The molecule has 2 saturated heterocycles. The van der Waals surface area contributed by atoms with E-state index in [1.165, 1.54) is 5.69 Å². The van der Waals surface area contributed by atoms with Gasteiger partial charge in [-0.2, -0.15) is 5.10 Å². The monoisotopic (exact) mass is 340 g/mol. The first-order valence-corrected chi connectivity index (χ1v) is 9.00. The Morgan fingerprint density at radius 3 is 2.48 bits per heavy atom. The molecule has 4 rings (SSSR count). The first-order valence-electron chi connectivity index (χ1n) is 9.00. The summed E-state index contributed by atoms with van der Waals surface area (Å²) in [4.78, 5) is 20.4. The van der Waals surface area contributed by atoms with E-state index < -0.39 is 0 Å². The molecule has 1 N–H and O–H groups in total. The summed E-state index contributed by atoms with van der Waals surface area (Å²) in [5.41, 5.74) is 2.29. The molecule has 0 bridgehead atoms. The molecule has 132 valence electrons. The van der Waals surface area contributed by atoms with E-state index in [1.807, 2.05) is 0 Å². The number of piperidine rings is 1. The second-order valence-electron chi connectivity index (χ2n) is 6.71. The van der Waals surface area contributed by atoms with Gasteiger partial charge in [-0.1, -0.05) is 0 Å². The van der Waals surface area contributed by atoms with Crippen LogP contribution in [-0.4, -0.2) is 64.3 Å². The zero-order valence-electron chi connectivity index (χ0n) is 14.3. The largest absolute Gasteiger partial charge is 0.371 e. The molecule has 7 heteroatoms. The summed E-state index contributed by atoms with van der Waals surface area (Å²) < 4.78 is 1.77. The van der Waals surface area contributed by atoms with Crippen LogP contribution in [0.4, 0.5) is 5.69 Å². The molecule has 1 aromatic heterocycles. The van der Waals surface area contributed by atoms with Gasteiger partial charge >= 0.3 is 0 Å². The first kappa shape index (κ1) is 16.1. The lowest BCUT2D eigenvalue weighted by Crippen LogP contribution is -2.46. The van der Waals surface area contributed by atoms with Crippen LogP contribution in [0.5, 0.6) is 0 Å². The van der Waals surface area contributed by atoms with Crippen molar-refractivity contribution in [2.24, 2.45) is 0 Å². The lowest BCUT2D eigenvalue weighted by Gasteiger charge is -2.39. The Labute approximate surface area is 147 Å². The molecular formula is C18H24N6O. The quantitative estimate of drug-likeness (QED) is 0.905. The van der Waals surface area contributed by atoms with Crippen molar-refractivity contribution in [3.8, 4) is 5.69 Å². The zero-order valence-corrected chi connectivity index (χ0v) is 14.3. The van der Waals surface area contributed by atoms with Crippen LogP contribution in [0.2, 0.25) is 0 Å². The minimum Gasteiger partial charge on any atom is -0.371 e. The third-order valence-corrected chi connectivity index (χ3v) is 5.23. The summed E-state index contributed by atoms with van der Waals surface area (Å²) >= 11 is 0. The average Bonchev–Trinajstić information content (AvgIpc) is 3.11. The number of carbonyl (C=O) groups excluding carboxylic acids is 1. The van der Waals surface area contributed by atoms with E-state index in [-0.39, 0.29) is 5.91 Å². The molecule has 2 aliphatic rings. The Bertz CT molecular complexity index is 691. The molecule has 3 heterocycles. The van der Waals surface area contributed by atoms with E-state index in [0.717, 1.165) is 51.3 Å². The van der Waals surface area contributed by atoms with Gasteiger partial charge in [0.05, 0.1) is 5.69 Å². The number of hydrogen-bond donors (Lipinski definition) is 1. The summed E-state index contributed by atoms with van der Waals surface area (Å²) in [6.07, 6.45) is 6.19. The van der Waals surface area contributed by atoms with Gasteiger partial charge in [0.1, 0.15) is 12.7 Å². The molecule has 0 radical (unpaired) electrons. The van der Waals surface area contributed by atoms with E-state index >= 15 is 0 Å². The summed E-state index contributed by atoms with van der Waals surface area (Å²) in [6, 6.07) is 9.08. The summed E-state index contributed by atoms with van der Waals surface area (Å²) in [7, 11) is 0. The fourth-order valence-corrected chi connectivity index (χ4v) is 3.80. The topological polar surface area (TPSA) is 66.3 Å². The molecule has 2 aromatic rings. The number of anilines is 1. The van der Waals surface area contributed by atoms with Crippen molar-refractivity contribution in [2.45, 2.75) is 25.3 Å². The molecule has 0 saturated carbocycles. The number of amides is 1. The van der Waals surface area contributed by atoms with E-state index in [9.17, 15) is 4.79 Å². The SMILES string of the molecule is O=C1CCN(C2CCN(c3ccc(-n4cncn4)cc3)CC2)CCN1. The normalized spacial score (nSPS) is 20.3. The van der Waals surface area contributed by atoms with E-state index in [4.69, 9.17) is 0 Å². The summed E-state index contributed by atoms with van der Waals surface area (Å²) in [5, 5.41) is 7.12. The van der Waals surface area contributed by atoms with Gasteiger partial charge in [-0.25, -0.2) is 9.67 Å². The fourth-order valence-electron chi connectivity index (χ4n) is 3.80. The lowest BCUT2D eigenvalue weighted by molar-refractivity contribution is -0.120. The average molecular weight is 340 g/mol. The van der Waals surface area contributed by atoms with Crippen molar-refractivity contribution in [3.05, 3.63) is 36.9 Å². The van der Waals surface area contributed by atoms with Crippen LogP contribution in [0, 0.1) is 0 Å². The minimum atomic E-state index is 0.187. The third kappa shape index (κ3) is 3.66. The molecular weight excluding hydrogens is 316 g/mol. The molecule has 0 spiro atoms. The fraction of sp³-hybridized carbons (Fsp3) is 0.500. The molecule has 0 aliphatic carbocycles. The van der Waals surface area contributed by atoms with E-state index in [1.54, 1.807) is 17.3 Å². The first-order chi connectivity index (χ1) is 12.3. The van der Waals surface area contributed by atoms with Crippen molar-refractivity contribution in [1.29, 1.82) is 0 Å². The minimum absolute atomic E-state index is 0.187. The van der Waals surface area contributed by atoms with Crippen LogP contribution in [0.1, 0.15) is 19.3 Å². The smallest absolute Gasteiger partial charge is 0.221 e. The van der Waals surface area contributed by atoms with Crippen molar-refractivity contribution in [2.75, 3.05) is 37.6 Å². The number of aromatic nitrogens is 3. The van der Waals surface area contributed by atoms with Gasteiger partial charge in [-0.05, 0) is 37.1 Å². The van der Waals surface area contributed by atoms with E-state index in [2.05, 4.69) is 49.5 Å². The van der Waals surface area contributed by atoms with Crippen molar-refractivity contribution in [3.63, 3.8) is 0 Å². The number of rotatable bonds is 3. The Morgan fingerprint density at radius 1 is 1.00 bits per heavy atom. The second-order valence-corrected chi connectivity index (χ2v) is 6.71. The Morgan fingerprint density at radius 2 is 1.76 bits per heavy atom. The molecule has 0 unspecified atom stereocenters. The molecule has 1 aromatic carbocycles. The van der Waals surface area contributed by atoms with Gasteiger partial charge in [-0.3, -0.25) is 9.69 Å². The van der Waals surface area contributed by atoms with Crippen LogP contribution >= 0.6 is 0 Å². The van der Waals surface area contributed by atoms with Gasteiger partial charge in [-0.15, -0.1) is 0 Å². The number of nitrogens with zero attached hydrogens (tertiary/aromatic N) is 5. The molecule has 0 atom stereocenters. The molecule has 2 fully saturated rings. The van der Waals surface area contributed by atoms with Gasteiger partial charge < -0.3 is 10.2 Å². The number of carbonyl (C=O) groups is 1. The maximum Gasteiger partial charge on any atom is 0.221 e. The molecule has 1 amide bonds. The molecule has 2 aliphatic heterocycles. The van der Waals surface area contributed by atoms with Gasteiger partial charge in [0.2, 0.25) is 5.91 Å². The van der Waals surface area contributed by atoms with Crippen LogP contribution < -0.4 is 10.2 Å². The van der Waals surface area contributed by atoms with Gasteiger partial charge in [0, 0.05) is 50.9 Å². The van der Waals surface area contributed by atoms with Crippen molar-refractivity contribution >= 4 is 11.6 Å². The Kier molecular flexibility index (Phi) is 4.65. The Balaban J connectivity index is 1.34. The highest BCUT2D eigenvalue weighted by atomic mass is 16.1. The van der Waals surface area contributed by atoms with Crippen LogP contribution in [-0.2, 0) is 4.79 Å². The lowest BCUT2D eigenvalue weighted by atomic mass is 10.0. The van der Waals surface area contributed by atoms with Gasteiger partial charge in [0.15, 0.2) is 0 Å². The number of hydrogen-bond acceptors (Lipinski definition) is 5.